The summed E-state index contributed by atoms with van der Waals surface area (Å²) in [6, 6.07) is 2.51. The number of hydrogen-bond acceptors (Lipinski definition) is 4. The number of hydrogen-bond donors (Lipinski definition) is 0. The minimum absolute atomic E-state index is 0.303. The standard InChI is InChI=1S/C9H4F6INO3S/c10-8(11,12)6-1-3-7(4-2-6)16(5-17)20-21(18,19)9(13,14)15/h1-4H. The third-order valence-corrected chi connectivity index (χ3v) is 7.52. The van der Waals surface area contributed by atoms with Crippen molar-refractivity contribution in [2.45, 2.75) is 11.7 Å². The molecule has 4 nitrogen and oxygen atoms in total. The number of rotatable bonds is 3. The van der Waals surface area contributed by atoms with Gasteiger partial charge in [-0.1, -0.05) is 0 Å². The van der Waals surface area contributed by atoms with E-state index in [1.807, 2.05) is 0 Å². The average Bonchev–Trinajstić information content (AvgIpc) is 2.33. The Morgan fingerprint density at radius 2 is 1.52 bits per heavy atom. The molecule has 0 radical (unpaired) electrons. The zero-order valence-electron chi connectivity index (χ0n) is 9.54. The zero-order valence-corrected chi connectivity index (χ0v) is 12.5. The van der Waals surface area contributed by atoms with Gasteiger partial charge in [-0.2, -0.15) is 0 Å². The van der Waals surface area contributed by atoms with Gasteiger partial charge in [-0.25, -0.2) is 0 Å². The van der Waals surface area contributed by atoms with Crippen LogP contribution in [-0.2, 0) is 18.8 Å². The number of halogens is 7. The molecule has 1 aromatic rings. The predicted octanol–water partition coefficient (Wildman–Crippen LogP) is 3.64. The van der Waals surface area contributed by atoms with E-state index in [0.717, 1.165) is 12.1 Å². The van der Waals surface area contributed by atoms with E-state index < -0.39 is 47.6 Å². The SMILES string of the molecule is N#CI(OS(=O)(=O)C(F)(F)F)c1ccc(C(F)(F)F)cc1. The van der Waals surface area contributed by atoms with E-state index in [4.69, 9.17) is 5.26 Å². The molecule has 0 saturated carbocycles. The first-order chi connectivity index (χ1) is 9.38. The van der Waals surface area contributed by atoms with Gasteiger partial charge in [0.2, 0.25) is 0 Å². The molecule has 0 aliphatic carbocycles. The summed E-state index contributed by atoms with van der Waals surface area (Å²) in [6.07, 6.45) is -4.66. The molecule has 0 saturated heterocycles. The van der Waals surface area contributed by atoms with Crippen LogP contribution in [-0.4, -0.2) is 13.9 Å². The Bertz CT molecular complexity index is 646. The van der Waals surface area contributed by atoms with Gasteiger partial charge in [-0.3, -0.25) is 0 Å². The number of alkyl halides is 6. The van der Waals surface area contributed by atoms with Crippen molar-refractivity contribution in [3.05, 3.63) is 33.4 Å². The van der Waals surface area contributed by atoms with Crippen molar-refractivity contribution < 1.29 is 37.3 Å². The van der Waals surface area contributed by atoms with Gasteiger partial charge in [-0.05, 0) is 0 Å². The summed E-state index contributed by atoms with van der Waals surface area (Å²) in [7, 11) is -5.97. The van der Waals surface area contributed by atoms with Crippen LogP contribution in [0.3, 0.4) is 0 Å². The van der Waals surface area contributed by atoms with E-state index in [9.17, 15) is 34.8 Å². The van der Waals surface area contributed by atoms with Crippen LogP contribution in [0.4, 0.5) is 26.3 Å². The monoisotopic (exact) mass is 447 g/mol. The van der Waals surface area contributed by atoms with E-state index in [2.05, 4.69) is 2.51 Å². The quantitative estimate of drug-likeness (QED) is 0.403. The van der Waals surface area contributed by atoms with Gasteiger partial charge in [0.05, 0.1) is 0 Å². The summed E-state index contributed by atoms with van der Waals surface area (Å²) in [6.45, 7) is 0. The number of benzene rings is 1. The van der Waals surface area contributed by atoms with Crippen molar-refractivity contribution in [1.82, 2.24) is 0 Å². The van der Waals surface area contributed by atoms with Crippen LogP contribution in [0.2, 0.25) is 0 Å². The van der Waals surface area contributed by atoms with Crippen molar-refractivity contribution >= 4 is 30.4 Å². The molecular formula is C9H4F6INO3S. The Morgan fingerprint density at radius 3 is 1.86 bits per heavy atom. The molecule has 0 N–H and O–H groups in total. The molecule has 1 aromatic carbocycles. The first kappa shape index (κ1) is 18.0. The Balaban J connectivity index is 3.06. The van der Waals surface area contributed by atoms with Crippen molar-refractivity contribution in [2.75, 3.05) is 0 Å². The van der Waals surface area contributed by atoms with Crippen LogP contribution in [0.5, 0.6) is 0 Å². The Labute approximate surface area is 122 Å². The van der Waals surface area contributed by atoms with E-state index in [1.54, 1.807) is 0 Å². The van der Waals surface area contributed by atoms with Crippen LogP contribution in [0.15, 0.2) is 24.3 Å². The fourth-order valence-electron chi connectivity index (χ4n) is 0.971. The molecular weight excluding hydrogens is 443 g/mol. The topological polar surface area (TPSA) is 67.2 Å². The average molecular weight is 447 g/mol. The Hall–Kier alpha value is -1.07. The van der Waals surface area contributed by atoms with Crippen molar-refractivity contribution in [3.63, 3.8) is 0 Å². The fourth-order valence-corrected chi connectivity index (χ4v) is 5.50. The van der Waals surface area contributed by atoms with Gasteiger partial charge < -0.3 is 0 Å². The summed E-state index contributed by atoms with van der Waals surface area (Å²) in [4.78, 5) is 0. The third kappa shape index (κ3) is 4.45. The van der Waals surface area contributed by atoms with Crippen molar-refractivity contribution in [3.8, 4) is 4.08 Å². The van der Waals surface area contributed by atoms with Crippen LogP contribution in [0.1, 0.15) is 5.56 Å². The van der Waals surface area contributed by atoms with Gasteiger partial charge in [0.25, 0.3) is 0 Å². The molecule has 1 rings (SSSR count). The van der Waals surface area contributed by atoms with Gasteiger partial charge in [0.1, 0.15) is 0 Å². The minimum atomic E-state index is -5.97. The maximum atomic E-state index is 12.3. The van der Waals surface area contributed by atoms with E-state index in [0.29, 0.717) is 12.1 Å². The number of nitrogens with zero attached hydrogens (tertiary/aromatic N) is 1. The molecule has 0 aromatic heterocycles. The maximum absolute atomic E-state index is 12.3. The van der Waals surface area contributed by atoms with E-state index in [1.165, 1.54) is 4.08 Å². The molecule has 0 fully saturated rings. The van der Waals surface area contributed by atoms with Crippen molar-refractivity contribution in [2.24, 2.45) is 0 Å². The Morgan fingerprint density at radius 1 is 1.05 bits per heavy atom. The molecule has 0 aliphatic heterocycles. The molecule has 0 aliphatic rings. The third-order valence-electron chi connectivity index (χ3n) is 1.88. The van der Waals surface area contributed by atoms with Crippen molar-refractivity contribution in [1.29, 1.82) is 5.26 Å². The van der Waals surface area contributed by atoms with Gasteiger partial charge in [0.15, 0.2) is 0 Å². The molecule has 0 atom stereocenters. The normalized spacial score (nSPS) is 13.7. The molecule has 21 heavy (non-hydrogen) atoms. The summed E-state index contributed by atoms with van der Waals surface area (Å²) < 4.78 is 99.6. The zero-order chi connectivity index (χ0) is 16.5. The van der Waals surface area contributed by atoms with Gasteiger partial charge >= 0.3 is 122 Å². The summed E-state index contributed by atoms with van der Waals surface area (Å²) in [5.41, 5.74) is -6.79. The molecule has 0 unspecified atom stereocenters. The van der Waals surface area contributed by atoms with Crippen LogP contribution < -0.4 is 0 Å². The second-order valence-electron chi connectivity index (χ2n) is 3.30. The second-order valence-corrected chi connectivity index (χ2v) is 9.02. The first-order valence-corrected chi connectivity index (χ1v) is 9.11. The first-order valence-electron chi connectivity index (χ1n) is 4.67. The summed E-state index contributed by atoms with van der Waals surface area (Å²) in [5.74, 6) is 0. The van der Waals surface area contributed by atoms with Crippen LogP contribution in [0, 0.1) is 12.9 Å². The molecule has 0 amide bonds. The molecule has 0 heterocycles. The van der Waals surface area contributed by atoms with E-state index >= 15 is 0 Å². The molecule has 12 heteroatoms. The van der Waals surface area contributed by atoms with Crippen LogP contribution in [0.25, 0.3) is 0 Å². The van der Waals surface area contributed by atoms with Gasteiger partial charge in [0, 0.05) is 0 Å². The molecule has 0 bridgehead atoms. The van der Waals surface area contributed by atoms with Crippen LogP contribution >= 0.6 is 20.2 Å². The Kier molecular flexibility index (Phi) is 5.11. The predicted molar refractivity (Wildman–Crippen MR) is 65.8 cm³/mol. The fraction of sp³-hybridized carbons (Fsp3) is 0.222. The summed E-state index contributed by atoms with van der Waals surface area (Å²) in [5, 5.41) is 8.68. The number of nitriles is 1. The summed E-state index contributed by atoms with van der Waals surface area (Å²) >= 11 is -3.94. The second kappa shape index (κ2) is 5.97. The van der Waals surface area contributed by atoms with Gasteiger partial charge in [-0.15, -0.1) is 0 Å². The van der Waals surface area contributed by atoms with E-state index in [-0.39, 0.29) is 3.57 Å². The molecule has 0 spiro atoms. The molecule has 118 valence electrons.